The van der Waals surface area contributed by atoms with E-state index in [1.54, 1.807) is 4.90 Å². The second-order valence-corrected chi connectivity index (χ2v) is 10.0. The third kappa shape index (κ3) is 4.74. The smallest absolute Gasteiger partial charge is 0.410 e. The molecule has 0 atom stereocenters. The minimum absolute atomic E-state index is 0.156. The number of H-pyrrole nitrogens is 1. The van der Waals surface area contributed by atoms with Crippen molar-refractivity contribution in [3.8, 4) is 10.4 Å². The van der Waals surface area contributed by atoms with Gasteiger partial charge in [-0.2, -0.15) is 0 Å². The standard InChI is InChI=1S/C23H27N3O4S/c1-23(2,3)30-22(29)25-11-9-15(10-12-25)14-26-20(27)19-17(24-21(26)28)13-18(31-19)16-7-5-4-6-8-16/h4-8,13,15H,9-12,14H2,1-3H3,(H,24,28). The number of hydrogen-bond acceptors (Lipinski definition) is 5. The maximum atomic E-state index is 13.1. The molecule has 0 saturated carbocycles. The van der Waals surface area contributed by atoms with Gasteiger partial charge < -0.3 is 14.6 Å². The SMILES string of the molecule is CC(C)(C)OC(=O)N1CCC(Cn2c(=O)[nH]c3cc(-c4ccccc4)sc3c2=O)CC1. The maximum absolute atomic E-state index is 13.1. The van der Waals surface area contributed by atoms with Crippen molar-refractivity contribution in [3.05, 3.63) is 57.2 Å². The number of carbonyl (C=O) groups is 1. The molecule has 1 aliphatic heterocycles. The molecule has 8 heteroatoms. The summed E-state index contributed by atoms with van der Waals surface area (Å²) in [5.74, 6) is 0.156. The zero-order valence-electron chi connectivity index (χ0n) is 18.0. The zero-order valence-corrected chi connectivity index (χ0v) is 18.8. The summed E-state index contributed by atoms with van der Waals surface area (Å²) in [6.07, 6.45) is 1.14. The molecule has 0 unspecified atom stereocenters. The van der Waals surface area contributed by atoms with E-state index in [2.05, 4.69) is 4.98 Å². The average Bonchev–Trinajstić information content (AvgIpc) is 3.15. The van der Waals surface area contributed by atoms with Gasteiger partial charge in [-0.3, -0.25) is 9.36 Å². The van der Waals surface area contributed by atoms with E-state index in [0.717, 1.165) is 23.3 Å². The molecule has 1 amide bonds. The Hall–Kier alpha value is -2.87. The summed E-state index contributed by atoms with van der Waals surface area (Å²) in [4.78, 5) is 43.5. The van der Waals surface area contributed by atoms with Crippen molar-refractivity contribution >= 4 is 27.6 Å². The van der Waals surface area contributed by atoms with Crippen LogP contribution in [-0.2, 0) is 11.3 Å². The van der Waals surface area contributed by atoms with Gasteiger partial charge in [-0.25, -0.2) is 9.59 Å². The summed E-state index contributed by atoms with van der Waals surface area (Å²) in [6.45, 7) is 7.02. The van der Waals surface area contributed by atoms with E-state index in [1.165, 1.54) is 15.9 Å². The third-order valence-corrected chi connectivity index (χ3v) is 6.60. The Morgan fingerprint density at radius 1 is 1.16 bits per heavy atom. The maximum Gasteiger partial charge on any atom is 0.410 e. The van der Waals surface area contributed by atoms with Gasteiger partial charge in [0.2, 0.25) is 0 Å². The molecule has 3 aromatic rings. The van der Waals surface area contributed by atoms with Crippen LogP contribution < -0.4 is 11.2 Å². The van der Waals surface area contributed by atoms with Gasteiger partial charge in [0.15, 0.2) is 0 Å². The summed E-state index contributed by atoms with van der Waals surface area (Å²) in [6, 6.07) is 11.7. The third-order valence-electron chi connectivity index (χ3n) is 5.42. The lowest BCUT2D eigenvalue weighted by Gasteiger charge is -2.33. The highest BCUT2D eigenvalue weighted by molar-refractivity contribution is 7.22. The normalized spacial score (nSPS) is 15.4. The van der Waals surface area contributed by atoms with Crippen LogP contribution in [0.1, 0.15) is 33.6 Å². The Balaban J connectivity index is 1.50. The Morgan fingerprint density at radius 2 is 1.84 bits per heavy atom. The summed E-state index contributed by atoms with van der Waals surface area (Å²) in [5.41, 5.74) is 0.438. The van der Waals surface area contributed by atoms with Crippen LogP contribution in [0.4, 0.5) is 4.79 Å². The Labute approximate surface area is 184 Å². The highest BCUT2D eigenvalue weighted by Crippen LogP contribution is 2.30. The predicted octanol–water partition coefficient (Wildman–Crippen LogP) is 4.07. The predicted molar refractivity (Wildman–Crippen MR) is 123 cm³/mol. The van der Waals surface area contributed by atoms with Gasteiger partial charge in [0.05, 0.1) is 5.52 Å². The Morgan fingerprint density at radius 3 is 2.48 bits per heavy atom. The number of aromatic nitrogens is 2. The number of amides is 1. The van der Waals surface area contributed by atoms with Gasteiger partial charge in [0, 0.05) is 24.5 Å². The molecular weight excluding hydrogens is 414 g/mol. The molecule has 0 bridgehead atoms. The van der Waals surface area contributed by atoms with Crippen LogP contribution in [0.3, 0.4) is 0 Å². The van der Waals surface area contributed by atoms with Gasteiger partial charge in [0.1, 0.15) is 10.3 Å². The molecule has 0 spiro atoms. The van der Waals surface area contributed by atoms with Gasteiger partial charge in [-0.05, 0) is 51.2 Å². The van der Waals surface area contributed by atoms with Gasteiger partial charge in [0.25, 0.3) is 5.56 Å². The van der Waals surface area contributed by atoms with Crippen LogP contribution in [0.15, 0.2) is 46.0 Å². The van der Waals surface area contributed by atoms with Crippen molar-refractivity contribution in [1.82, 2.24) is 14.5 Å². The van der Waals surface area contributed by atoms with Crippen molar-refractivity contribution in [2.24, 2.45) is 5.92 Å². The van der Waals surface area contributed by atoms with Crippen LogP contribution >= 0.6 is 11.3 Å². The molecular formula is C23H27N3O4S. The van der Waals surface area contributed by atoms with Crippen LogP contribution in [0.5, 0.6) is 0 Å². The van der Waals surface area contributed by atoms with Crippen molar-refractivity contribution < 1.29 is 9.53 Å². The number of aromatic amines is 1. The first-order valence-electron chi connectivity index (χ1n) is 10.5. The number of nitrogens with one attached hydrogen (secondary N) is 1. The first-order chi connectivity index (χ1) is 14.7. The molecule has 164 valence electrons. The summed E-state index contributed by atoms with van der Waals surface area (Å²) in [5, 5.41) is 0. The van der Waals surface area contributed by atoms with Gasteiger partial charge >= 0.3 is 11.8 Å². The largest absolute Gasteiger partial charge is 0.444 e. The molecule has 1 N–H and O–H groups in total. The van der Waals surface area contributed by atoms with E-state index >= 15 is 0 Å². The molecule has 1 aromatic carbocycles. The Bertz CT molecular complexity index is 1200. The highest BCUT2D eigenvalue weighted by Gasteiger charge is 2.27. The van der Waals surface area contributed by atoms with Crippen molar-refractivity contribution in [2.75, 3.05) is 13.1 Å². The van der Waals surface area contributed by atoms with E-state index in [1.807, 2.05) is 57.2 Å². The molecule has 4 rings (SSSR count). The van der Waals surface area contributed by atoms with Crippen molar-refractivity contribution in [1.29, 1.82) is 0 Å². The monoisotopic (exact) mass is 441 g/mol. The van der Waals surface area contributed by atoms with Crippen LogP contribution in [0.2, 0.25) is 0 Å². The quantitative estimate of drug-likeness (QED) is 0.664. The van der Waals surface area contributed by atoms with Crippen LogP contribution in [0, 0.1) is 5.92 Å². The van der Waals surface area contributed by atoms with Crippen molar-refractivity contribution in [3.63, 3.8) is 0 Å². The summed E-state index contributed by atoms with van der Waals surface area (Å²) in [7, 11) is 0. The fraction of sp³-hybridized carbons (Fsp3) is 0.435. The number of benzene rings is 1. The van der Waals surface area contributed by atoms with Crippen molar-refractivity contribution in [2.45, 2.75) is 45.8 Å². The molecule has 31 heavy (non-hydrogen) atoms. The van der Waals surface area contributed by atoms with Gasteiger partial charge in [-0.15, -0.1) is 11.3 Å². The summed E-state index contributed by atoms with van der Waals surface area (Å²) >= 11 is 1.40. The van der Waals surface area contributed by atoms with Crippen LogP contribution in [-0.4, -0.2) is 39.2 Å². The number of carbonyl (C=O) groups excluding carboxylic acids is 1. The van der Waals surface area contributed by atoms with Gasteiger partial charge in [-0.1, -0.05) is 30.3 Å². The number of likely N-dealkylation sites (tertiary alicyclic amines) is 1. The number of piperidine rings is 1. The first-order valence-corrected chi connectivity index (χ1v) is 11.3. The highest BCUT2D eigenvalue weighted by atomic mass is 32.1. The Kier molecular flexibility index (Phi) is 5.75. The molecule has 3 heterocycles. The molecule has 7 nitrogen and oxygen atoms in total. The van der Waals surface area contributed by atoms with E-state index < -0.39 is 5.60 Å². The molecule has 0 radical (unpaired) electrons. The summed E-state index contributed by atoms with van der Waals surface area (Å²) < 4.78 is 7.30. The fourth-order valence-corrected chi connectivity index (χ4v) is 4.90. The lowest BCUT2D eigenvalue weighted by atomic mass is 9.97. The zero-order chi connectivity index (χ0) is 22.2. The molecule has 2 aromatic heterocycles. The molecule has 1 fully saturated rings. The number of hydrogen-bond donors (Lipinski definition) is 1. The molecule has 1 saturated heterocycles. The topological polar surface area (TPSA) is 84.4 Å². The lowest BCUT2D eigenvalue weighted by Crippen LogP contribution is -2.44. The van der Waals surface area contributed by atoms with Crippen LogP contribution in [0.25, 0.3) is 20.7 Å². The minimum atomic E-state index is -0.525. The number of ether oxygens (including phenoxy) is 1. The minimum Gasteiger partial charge on any atom is -0.444 e. The fourth-order valence-electron chi connectivity index (χ4n) is 3.83. The van der Waals surface area contributed by atoms with E-state index in [4.69, 9.17) is 4.74 Å². The average molecular weight is 442 g/mol. The number of nitrogens with zero attached hydrogens (tertiary/aromatic N) is 2. The number of fused-ring (bicyclic) bond motifs is 1. The van der Waals surface area contributed by atoms with E-state index in [-0.39, 0.29) is 23.3 Å². The number of thiophene rings is 1. The van der Waals surface area contributed by atoms with E-state index in [9.17, 15) is 14.4 Å². The second kappa shape index (κ2) is 8.34. The first kappa shape index (κ1) is 21.4. The molecule has 0 aliphatic carbocycles. The molecule has 1 aliphatic rings. The number of rotatable bonds is 3. The van der Waals surface area contributed by atoms with E-state index in [0.29, 0.717) is 29.9 Å². The second-order valence-electron chi connectivity index (χ2n) is 8.98. The lowest BCUT2D eigenvalue weighted by molar-refractivity contribution is 0.0177.